The molecule has 3 aromatic rings. The van der Waals surface area contributed by atoms with Gasteiger partial charge in [0.1, 0.15) is 11.9 Å². The Morgan fingerprint density at radius 2 is 2.00 bits per heavy atom. The monoisotopic (exact) mass is 500 g/mol. The first-order chi connectivity index (χ1) is 17.0. The van der Waals surface area contributed by atoms with Crippen molar-refractivity contribution in [1.29, 1.82) is 0 Å². The third kappa shape index (κ3) is 4.69. The van der Waals surface area contributed by atoms with Gasteiger partial charge in [-0.05, 0) is 43.2 Å². The Kier molecular flexibility index (Phi) is 7.10. The second-order valence-electron chi connectivity index (χ2n) is 9.30. The van der Waals surface area contributed by atoms with E-state index >= 15 is 0 Å². The summed E-state index contributed by atoms with van der Waals surface area (Å²) in [5.74, 6) is 2.49. The van der Waals surface area contributed by atoms with Gasteiger partial charge in [-0.3, -0.25) is 0 Å². The molecule has 11 heteroatoms. The minimum absolute atomic E-state index is 0.0396. The standard InChI is InChI=1S/C24H32N6O4S/c1-3-10-35-24-26-22(25-16-12-15(16)14-6-4-5-7-18(14)34-2)19-23(27-24)30(29-28-19)17-11-13(8-9-31)20(32)21(17)33/h4-7,13,15-17,20-21,31-33H,3,8-12H2,1-2H3,(H,25,26,27). The molecular weight excluding hydrogens is 468 g/mol. The SMILES string of the molecule is CCCSc1nc(NC2CC2c2ccccc2OC)c2nnn(C3CC(CCO)C(O)C3O)c2n1. The molecule has 2 saturated carbocycles. The van der Waals surface area contributed by atoms with Gasteiger partial charge < -0.3 is 25.4 Å². The summed E-state index contributed by atoms with van der Waals surface area (Å²) in [6.45, 7) is 2.07. The fourth-order valence-corrected chi connectivity index (χ4v) is 5.73. The van der Waals surface area contributed by atoms with Gasteiger partial charge in [0.05, 0.1) is 19.3 Å². The third-order valence-corrected chi connectivity index (χ3v) is 8.03. The molecule has 0 amide bonds. The molecule has 2 fully saturated rings. The number of benzene rings is 1. The molecule has 0 saturated heterocycles. The molecule has 2 aliphatic carbocycles. The van der Waals surface area contributed by atoms with Crippen LogP contribution in [0.2, 0.25) is 0 Å². The maximum absolute atomic E-state index is 10.7. The zero-order valence-electron chi connectivity index (χ0n) is 19.9. The Morgan fingerprint density at radius 3 is 2.77 bits per heavy atom. The van der Waals surface area contributed by atoms with Gasteiger partial charge in [-0.15, -0.1) is 5.10 Å². The van der Waals surface area contributed by atoms with Crippen molar-refractivity contribution < 1.29 is 20.1 Å². The molecule has 188 valence electrons. The Labute approximate surface area is 208 Å². The summed E-state index contributed by atoms with van der Waals surface area (Å²) in [6, 6.07) is 7.77. The maximum Gasteiger partial charge on any atom is 0.191 e. The quantitative estimate of drug-likeness (QED) is 0.242. The highest BCUT2D eigenvalue weighted by Crippen LogP contribution is 2.47. The van der Waals surface area contributed by atoms with Crippen molar-refractivity contribution >= 4 is 28.7 Å². The van der Waals surface area contributed by atoms with Gasteiger partial charge in [-0.2, -0.15) is 0 Å². The number of para-hydroxylation sites is 1. The van der Waals surface area contributed by atoms with Crippen molar-refractivity contribution in [1.82, 2.24) is 25.0 Å². The summed E-state index contributed by atoms with van der Waals surface area (Å²) >= 11 is 1.57. The molecule has 6 unspecified atom stereocenters. The molecule has 1 aromatic carbocycles. The number of hydrogen-bond acceptors (Lipinski definition) is 10. The Morgan fingerprint density at radius 1 is 1.17 bits per heavy atom. The van der Waals surface area contributed by atoms with Crippen molar-refractivity contribution in [2.45, 2.75) is 68.0 Å². The number of methoxy groups -OCH3 is 1. The molecule has 0 aliphatic heterocycles. The lowest BCUT2D eigenvalue weighted by Gasteiger charge is -2.17. The number of rotatable bonds is 10. The lowest BCUT2D eigenvalue weighted by atomic mass is 10.0. The predicted octanol–water partition coefficient (Wildman–Crippen LogP) is 2.37. The van der Waals surface area contributed by atoms with Crippen LogP contribution < -0.4 is 10.1 Å². The number of fused-ring (bicyclic) bond motifs is 1. The average Bonchev–Trinajstić information content (AvgIpc) is 3.42. The predicted molar refractivity (Wildman–Crippen MR) is 133 cm³/mol. The Hall–Kier alpha value is -2.47. The molecule has 10 nitrogen and oxygen atoms in total. The number of aliphatic hydroxyl groups is 3. The first-order valence-corrected chi connectivity index (χ1v) is 13.2. The molecule has 6 atom stereocenters. The van der Waals surface area contributed by atoms with Gasteiger partial charge in [-0.25, -0.2) is 14.6 Å². The fourth-order valence-electron chi connectivity index (χ4n) is 5.03. The van der Waals surface area contributed by atoms with E-state index < -0.39 is 18.2 Å². The first kappa shape index (κ1) is 24.2. The summed E-state index contributed by atoms with van der Waals surface area (Å²) in [6.07, 6.45) is 0.923. The number of nitrogens with one attached hydrogen (secondary N) is 1. The molecule has 0 spiro atoms. The molecular formula is C24H32N6O4S. The highest BCUT2D eigenvalue weighted by Gasteiger charge is 2.44. The van der Waals surface area contributed by atoms with E-state index in [1.165, 1.54) is 5.56 Å². The second-order valence-corrected chi connectivity index (χ2v) is 10.4. The number of hydrogen-bond donors (Lipinski definition) is 4. The zero-order chi connectivity index (χ0) is 24.5. The van der Waals surface area contributed by atoms with Gasteiger partial charge in [0, 0.05) is 24.3 Å². The lowest BCUT2D eigenvalue weighted by molar-refractivity contribution is 0.00107. The smallest absolute Gasteiger partial charge is 0.191 e. The molecule has 0 bridgehead atoms. The third-order valence-electron chi connectivity index (χ3n) is 6.97. The van der Waals surface area contributed by atoms with Gasteiger partial charge in [0.2, 0.25) is 0 Å². The van der Waals surface area contributed by atoms with E-state index in [9.17, 15) is 15.3 Å². The molecule has 2 heterocycles. The number of ether oxygens (including phenoxy) is 1. The number of aromatic nitrogens is 5. The zero-order valence-corrected chi connectivity index (χ0v) is 20.7. The molecule has 4 N–H and O–H groups in total. The van der Waals surface area contributed by atoms with Crippen LogP contribution >= 0.6 is 11.8 Å². The van der Waals surface area contributed by atoms with Crippen LogP contribution in [0, 0.1) is 5.92 Å². The van der Waals surface area contributed by atoms with Gasteiger partial charge in [0.25, 0.3) is 0 Å². The lowest BCUT2D eigenvalue weighted by Crippen LogP contribution is -2.30. The van der Waals surface area contributed by atoms with Crippen molar-refractivity contribution in [2.24, 2.45) is 5.92 Å². The number of aliphatic hydroxyl groups excluding tert-OH is 3. The van der Waals surface area contributed by atoms with E-state index in [-0.39, 0.29) is 18.6 Å². The first-order valence-electron chi connectivity index (χ1n) is 12.2. The van der Waals surface area contributed by atoms with E-state index in [0.29, 0.717) is 40.9 Å². The van der Waals surface area contributed by atoms with Crippen LogP contribution in [-0.2, 0) is 0 Å². The van der Waals surface area contributed by atoms with Crippen LogP contribution in [0.1, 0.15) is 50.1 Å². The van der Waals surface area contributed by atoms with Gasteiger partial charge in [0.15, 0.2) is 22.1 Å². The van der Waals surface area contributed by atoms with Crippen LogP contribution in [0.3, 0.4) is 0 Å². The van der Waals surface area contributed by atoms with E-state index in [2.05, 4.69) is 28.6 Å². The van der Waals surface area contributed by atoms with Gasteiger partial charge in [-0.1, -0.05) is 42.1 Å². The molecule has 2 aromatic heterocycles. The summed E-state index contributed by atoms with van der Waals surface area (Å²) in [4.78, 5) is 9.48. The van der Waals surface area contributed by atoms with Crippen LogP contribution in [0.15, 0.2) is 29.4 Å². The molecule has 5 rings (SSSR count). The van der Waals surface area contributed by atoms with E-state index in [4.69, 9.17) is 14.7 Å². The molecule has 2 aliphatic rings. The van der Waals surface area contributed by atoms with Crippen LogP contribution in [0.5, 0.6) is 5.75 Å². The van der Waals surface area contributed by atoms with E-state index in [1.807, 2.05) is 18.2 Å². The highest BCUT2D eigenvalue weighted by atomic mass is 32.2. The van der Waals surface area contributed by atoms with Gasteiger partial charge >= 0.3 is 0 Å². The summed E-state index contributed by atoms with van der Waals surface area (Å²) < 4.78 is 7.16. The van der Waals surface area contributed by atoms with E-state index in [1.54, 1.807) is 23.6 Å². The van der Waals surface area contributed by atoms with Crippen LogP contribution in [0.25, 0.3) is 11.2 Å². The molecule has 0 radical (unpaired) electrons. The Bertz CT molecular complexity index is 1180. The normalized spacial score (nSPS) is 27.9. The minimum atomic E-state index is -1.01. The number of anilines is 1. The minimum Gasteiger partial charge on any atom is -0.496 e. The van der Waals surface area contributed by atoms with Crippen molar-refractivity contribution in [3.63, 3.8) is 0 Å². The maximum atomic E-state index is 10.7. The Balaban J connectivity index is 1.45. The summed E-state index contributed by atoms with van der Waals surface area (Å²) in [5, 5.41) is 43.4. The second kappa shape index (κ2) is 10.3. The van der Waals surface area contributed by atoms with Crippen LogP contribution in [0.4, 0.5) is 5.82 Å². The average molecular weight is 501 g/mol. The topological polar surface area (TPSA) is 138 Å². The van der Waals surface area contributed by atoms with Crippen LogP contribution in [-0.4, -0.2) is 78.0 Å². The fraction of sp³-hybridized carbons (Fsp3) is 0.583. The largest absolute Gasteiger partial charge is 0.496 e. The highest BCUT2D eigenvalue weighted by molar-refractivity contribution is 7.99. The van der Waals surface area contributed by atoms with Crippen molar-refractivity contribution in [2.75, 3.05) is 24.8 Å². The number of thioether (sulfide) groups is 1. The summed E-state index contributed by atoms with van der Waals surface area (Å²) in [5.41, 5.74) is 2.25. The van der Waals surface area contributed by atoms with E-state index in [0.717, 1.165) is 24.3 Å². The molecule has 35 heavy (non-hydrogen) atoms. The van der Waals surface area contributed by atoms with Crippen molar-refractivity contribution in [3.8, 4) is 5.75 Å². The summed E-state index contributed by atoms with van der Waals surface area (Å²) in [7, 11) is 1.69. The number of nitrogens with zero attached hydrogens (tertiary/aromatic N) is 5. The van der Waals surface area contributed by atoms with Crippen molar-refractivity contribution in [3.05, 3.63) is 29.8 Å².